The van der Waals surface area contributed by atoms with Gasteiger partial charge in [-0.15, -0.1) is 0 Å². The summed E-state index contributed by atoms with van der Waals surface area (Å²) >= 11 is 15.7. The largest absolute Gasteiger partial charge is 0.507 e. The Morgan fingerprint density at radius 1 is 0.893 bits per heavy atom. The van der Waals surface area contributed by atoms with Gasteiger partial charge in [0.05, 0.1) is 5.56 Å². The molecule has 2 unspecified atom stereocenters. The molecule has 0 aromatic heterocycles. The summed E-state index contributed by atoms with van der Waals surface area (Å²) in [7, 11) is 0. The number of hydrogen-bond acceptors (Lipinski definition) is 2. The Morgan fingerprint density at radius 2 is 1.57 bits per heavy atom. The number of phenols is 1. The summed E-state index contributed by atoms with van der Waals surface area (Å²) in [5, 5.41) is 17.5. The molecule has 4 rings (SSSR count). The molecule has 0 fully saturated rings. The highest BCUT2D eigenvalue weighted by Crippen LogP contribution is 2.31. The van der Waals surface area contributed by atoms with Gasteiger partial charge >= 0.3 is 0 Å². The van der Waals surface area contributed by atoms with Gasteiger partial charge in [-0.2, -0.15) is 0 Å². The number of rotatable bonds is 3. The fraction of sp³-hybridized carbons (Fsp3) is 0.0909. The average Bonchev–Trinajstić information content (AvgIpc) is 2.70. The molecule has 6 heteroatoms. The minimum Gasteiger partial charge on any atom is -0.507 e. The summed E-state index contributed by atoms with van der Waals surface area (Å²) < 4.78 is 1.03. The number of nitrogens with one attached hydrogen (secondary N) is 1. The number of quaternary nitrogens is 1. The Labute approximate surface area is 182 Å². The van der Waals surface area contributed by atoms with Gasteiger partial charge in [0, 0.05) is 31.9 Å². The molecule has 28 heavy (non-hydrogen) atoms. The summed E-state index contributed by atoms with van der Waals surface area (Å²) in [6.45, 7) is 0. The lowest BCUT2D eigenvalue weighted by atomic mass is 9.98. The Bertz CT molecular complexity index is 1020. The van der Waals surface area contributed by atoms with Crippen molar-refractivity contribution < 1.29 is 10.4 Å². The number of nitrogens with two attached hydrogens (primary N) is 1. The number of halogens is 3. The zero-order valence-corrected chi connectivity index (χ0v) is 17.8. The van der Waals surface area contributed by atoms with E-state index in [1.54, 1.807) is 12.1 Å². The molecule has 0 saturated heterocycles. The minimum absolute atomic E-state index is 0.0211. The highest BCUT2D eigenvalue weighted by molar-refractivity contribution is 9.10. The highest BCUT2D eigenvalue weighted by Gasteiger charge is 2.29. The predicted octanol–water partition coefficient (Wildman–Crippen LogP) is 5.41. The second-order valence-corrected chi connectivity index (χ2v) is 8.47. The maximum absolute atomic E-state index is 10.4. The van der Waals surface area contributed by atoms with Crippen LogP contribution in [0.5, 0.6) is 5.75 Å². The van der Waals surface area contributed by atoms with E-state index in [2.05, 4.69) is 44.8 Å². The first-order valence-corrected chi connectivity index (χ1v) is 10.4. The van der Waals surface area contributed by atoms with Gasteiger partial charge in [-0.1, -0.05) is 51.3 Å². The van der Waals surface area contributed by atoms with E-state index in [0.717, 1.165) is 26.9 Å². The second-order valence-electron chi connectivity index (χ2n) is 6.68. The van der Waals surface area contributed by atoms with Gasteiger partial charge in [0.15, 0.2) is 6.17 Å². The Kier molecular flexibility index (Phi) is 5.65. The second kappa shape index (κ2) is 8.18. The van der Waals surface area contributed by atoms with Crippen LogP contribution in [-0.4, -0.2) is 5.11 Å². The van der Waals surface area contributed by atoms with Crippen molar-refractivity contribution in [1.29, 1.82) is 0 Å². The number of phenolic OH excluding ortho intramolecular Hbond substituents is 1. The van der Waals surface area contributed by atoms with Crippen LogP contribution in [0.2, 0.25) is 10.0 Å². The molecule has 0 saturated carbocycles. The van der Waals surface area contributed by atoms with Crippen LogP contribution < -0.4 is 10.6 Å². The van der Waals surface area contributed by atoms with Gasteiger partial charge in [-0.3, -0.25) is 0 Å². The van der Waals surface area contributed by atoms with E-state index in [1.165, 1.54) is 0 Å². The van der Waals surface area contributed by atoms with Crippen molar-refractivity contribution in [2.45, 2.75) is 12.2 Å². The molecule has 2 atom stereocenters. The first-order valence-electron chi connectivity index (χ1n) is 8.83. The van der Waals surface area contributed by atoms with E-state index in [9.17, 15) is 5.11 Å². The highest BCUT2D eigenvalue weighted by atomic mass is 79.9. The molecule has 3 aromatic carbocycles. The van der Waals surface area contributed by atoms with Gasteiger partial charge < -0.3 is 15.7 Å². The van der Waals surface area contributed by atoms with Crippen molar-refractivity contribution in [3.8, 4) is 5.75 Å². The van der Waals surface area contributed by atoms with Crippen molar-refractivity contribution in [2.24, 2.45) is 0 Å². The van der Waals surface area contributed by atoms with Crippen LogP contribution >= 0.6 is 39.1 Å². The molecule has 1 aliphatic heterocycles. The number of hydrogen-bond donors (Lipinski definition) is 3. The summed E-state index contributed by atoms with van der Waals surface area (Å²) in [6, 6.07) is 21.0. The van der Waals surface area contributed by atoms with Crippen LogP contribution in [0.4, 0.5) is 0 Å². The quantitative estimate of drug-likeness (QED) is 0.473. The van der Waals surface area contributed by atoms with E-state index >= 15 is 0 Å². The molecule has 0 radical (unpaired) electrons. The third-order valence-corrected chi connectivity index (χ3v) is 5.81. The van der Waals surface area contributed by atoms with Crippen molar-refractivity contribution in [1.82, 2.24) is 5.32 Å². The minimum atomic E-state index is -0.0979. The third-order valence-electron chi connectivity index (χ3n) is 4.79. The molecule has 0 amide bonds. The summed E-state index contributed by atoms with van der Waals surface area (Å²) in [5.74, 6) is 0.230. The standard InChI is InChI=1S/C22H17BrCl2N2O/c23-15-5-1-14(2-6-15)22-26-19(13-3-7-16(24)8-4-13)12-20(27-22)18-11-17(25)9-10-21(18)28/h1-12,20,22,26-28H/p+1. The zero-order chi connectivity index (χ0) is 19.7. The maximum atomic E-state index is 10.4. The Hall–Kier alpha value is -1.98. The van der Waals surface area contributed by atoms with Crippen molar-refractivity contribution in [3.63, 3.8) is 0 Å². The normalized spacial score (nSPS) is 19.0. The van der Waals surface area contributed by atoms with Crippen LogP contribution in [0, 0.1) is 0 Å². The molecule has 1 aliphatic rings. The van der Waals surface area contributed by atoms with Gasteiger partial charge in [-0.25, -0.2) is 0 Å². The summed E-state index contributed by atoms with van der Waals surface area (Å²) in [5.41, 5.74) is 3.93. The van der Waals surface area contributed by atoms with Gasteiger partial charge in [-0.05, 0) is 60.2 Å². The first-order chi connectivity index (χ1) is 13.5. The molecule has 142 valence electrons. The van der Waals surface area contributed by atoms with Gasteiger partial charge in [0.2, 0.25) is 0 Å². The van der Waals surface area contributed by atoms with Crippen LogP contribution in [0.1, 0.15) is 28.9 Å². The lowest BCUT2D eigenvalue weighted by molar-refractivity contribution is -0.731. The fourth-order valence-corrected chi connectivity index (χ4v) is 3.94. The van der Waals surface area contributed by atoms with Gasteiger partial charge in [0.25, 0.3) is 0 Å². The Morgan fingerprint density at radius 3 is 2.29 bits per heavy atom. The lowest BCUT2D eigenvalue weighted by Crippen LogP contribution is -2.89. The molecular formula is C22H18BrCl2N2O+. The van der Waals surface area contributed by atoms with E-state index < -0.39 is 0 Å². The van der Waals surface area contributed by atoms with Crippen LogP contribution in [0.3, 0.4) is 0 Å². The van der Waals surface area contributed by atoms with E-state index in [4.69, 9.17) is 23.2 Å². The molecular weight excluding hydrogens is 459 g/mol. The van der Waals surface area contributed by atoms with Crippen LogP contribution in [0.15, 0.2) is 77.3 Å². The molecule has 0 aliphatic carbocycles. The van der Waals surface area contributed by atoms with E-state index in [0.29, 0.717) is 10.0 Å². The summed E-state index contributed by atoms with van der Waals surface area (Å²) in [4.78, 5) is 0. The van der Waals surface area contributed by atoms with E-state index in [1.807, 2.05) is 42.5 Å². The number of benzene rings is 3. The first kappa shape index (κ1) is 19.3. The smallest absolute Gasteiger partial charge is 0.186 e. The molecule has 3 nitrogen and oxygen atoms in total. The molecule has 0 spiro atoms. The summed E-state index contributed by atoms with van der Waals surface area (Å²) in [6.07, 6.45) is 2.08. The molecule has 0 bridgehead atoms. The van der Waals surface area contributed by atoms with Crippen molar-refractivity contribution in [3.05, 3.63) is 104 Å². The predicted molar refractivity (Wildman–Crippen MR) is 117 cm³/mol. The lowest BCUT2D eigenvalue weighted by Gasteiger charge is -2.30. The monoisotopic (exact) mass is 475 g/mol. The molecule has 1 heterocycles. The molecule has 3 aromatic rings. The average molecular weight is 477 g/mol. The maximum Gasteiger partial charge on any atom is 0.186 e. The van der Waals surface area contributed by atoms with Crippen molar-refractivity contribution in [2.75, 3.05) is 0 Å². The van der Waals surface area contributed by atoms with Crippen LogP contribution in [-0.2, 0) is 0 Å². The third kappa shape index (κ3) is 4.20. The molecule has 4 N–H and O–H groups in total. The number of aromatic hydroxyl groups is 1. The fourth-order valence-electron chi connectivity index (χ4n) is 3.37. The SMILES string of the molecule is Oc1ccc(Cl)cc1C1C=C(c2ccc(Cl)cc2)NC(c2ccc(Br)cc2)[NH2+]1. The van der Waals surface area contributed by atoms with Crippen molar-refractivity contribution >= 4 is 44.8 Å². The van der Waals surface area contributed by atoms with E-state index in [-0.39, 0.29) is 18.0 Å². The Balaban J connectivity index is 1.76. The zero-order valence-electron chi connectivity index (χ0n) is 14.7. The topological polar surface area (TPSA) is 48.9 Å². The van der Waals surface area contributed by atoms with Gasteiger partial charge in [0.1, 0.15) is 11.8 Å². The van der Waals surface area contributed by atoms with Crippen LogP contribution in [0.25, 0.3) is 5.70 Å².